The summed E-state index contributed by atoms with van der Waals surface area (Å²) >= 11 is 0. The first-order valence-corrected chi connectivity index (χ1v) is 7.81. The maximum absolute atomic E-state index is 11.5. The average molecular weight is 378 g/mol. The third-order valence-corrected chi connectivity index (χ3v) is 3.79. The number of carboxylic acid groups (broad SMARTS) is 2. The molecule has 2 aromatic rings. The predicted molar refractivity (Wildman–Crippen MR) is 78.2 cm³/mol. The monoisotopic (exact) mass is 378 g/mol. The summed E-state index contributed by atoms with van der Waals surface area (Å²) in [5.74, 6) is -2.73. The van der Waals surface area contributed by atoms with Gasteiger partial charge in [-0.25, -0.2) is 18.0 Å². The van der Waals surface area contributed by atoms with Gasteiger partial charge >= 0.3 is 41.5 Å². The largest absolute Gasteiger partial charge is 1.00 e. The molecule has 0 heterocycles. The summed E-state index contributed by atoms with van der Waals surface area (Å²) in [6, 6.07) is 6.45. The second kappa shape index (κ2) is 8.50. The van der Waals surface area contributed by atoms with E-state index in [0.717, 1.165) is 6.07 Å². The molecule has 0 unspecified atom stereocenters. The Bertz CT molecular complexity index is 908. The second-order valence-corrected chi connectivity index (χ2v) is 5.91. The summed E-state index contributed by atoms with van der Waals surface area (Å²) in [5.41, 5.74) is 0. The number of hydrogen-bond donors (Lipinski definition) is 2. The van der Waals surface area contributed by atoms with E-state index in [4.69, 9.17) is 19.7 Å². The molecular formula is C14H11NaO9S. The van der Waals surface area contributed by atoms with Crippen molar-refractivity contribution in [2.75, 3.05) is 13.2 Å². The van der Waals surface area contributed by atoms with Crippen LogP contribution >= 0.6 is 0 Å². The number of carbonyl (C=O) groups is 2. The topological polar surface area (TPSA) is 150 Å². The number of benzene rings is 2. The Morgan fingerprint density at radius 2 is 1.60 bits per heavy atom. The van der Waals surface area contributed by atoms with Crippen LogP contribution in [0.1, 0.15) is 0 Å². The molecule has 2 N–H and O–H groups in total. The molecule has 25 heavy (non-hydrogen) atoms. The summed E-state index contributed by atoms with van der Waals surface area (Å²) in [6.07, 6.45) is 0. The first-order chi connectivity index (χ1) is 11.2. The molecule has 0 saturated carbocycles. The number of fused-ring (bicyclic) bond motifs is 1. The molecule has 0 atom stereocenters. The van der Waals surface area contributed by atoms with E-state index in [1.54, 1.807) is 0 Å². The molecular weight excluding hydrogens is 367 g/mol. The molecule has 0 aliphatic heterocycles. The Labute approximate surface area is 164 Å². The van der Waals surface area contributed by atoms with Crippen LogP contribution in [0, 0.1) is 0 Å². The van der Waals surface area contributed by atoms with Gasteiger partial charge in [0.25, 0.3) is 0 Å². The molecule has 0 aliphatic rings. The van der Waals surface area contributed by atoms with Gasteiger partial charge in [-0.2, -0.15) is 0 Å². The molecule has 0 saturated heterocycles. The molecule has 9 nitrogen and oxygen atoms in total. The summed E-state index contributed by atoms with van der Waals surface area (Å²) in [7, 11) is -4.95. The number of ether oxygens (including phenoxy) is 2. The molecule has 2 aromatic carbocycles. The fraction of sp³-hybridized carbons (Fsp3) is 0.143. The van der Waals surface area contributed by atoms with Gasteiger partial charge in [-0.15, -0.1) is 0 Å². The first kappa shape index (κ1) is 21.2. The standard InChI is InChI=1S/C14H12O9S.Na/c15-12(16)6-22-9-2-3-10-8(5-9)1-4-11(23-7-13(17)18)14(10)24(19,20)21;/h1-5H,6-7H2,(H,15,16)(H,17,18)(H,19,20,21);/q;+1/p-1. The van der Waals surface area contributed by atoms with Gasteiger partial charge in [0.2, 0.25) is 0 Å². The zero-order valence-electron chi connectivity index (χ0n) is 13.0. The molecule has 0 spiro atoms. The Morgan fingerprint density at radius 3 is 2.16 bits per heavy atom. The average Bonchev–Trinajstić information content (AvgIpc) is 2.48. The van der Waals surface area contributed by atoms with Gasteiger partial charge in [0.15, 0.2) is 13.2 Å². The van der Waals surface area contributed by atoms with Crippen LogP contribution < -0.4 is 39.0 Å². The van der Waals surface area contributed by atoms with Crippen LogP contribution in [0.3, 0.4) is 0 Å². The third kappa shape index (κ3) is 5.58. The van der Waals surface area contributed by atoms with Crippen LogP contribution in [-0.4, -0.2) is 48.3 Å². The summed E-state index contributed by atoms with van der Waals surface area (Å²) in [6.45, 7) is -1.40. The number of carboxylic acids is 2. The fourth-order valence-electron chi connectivity index (χ4n) is 2.01. The Balaban J connectivity index is 0.00000312. The van der Waals surface area contributed by atoms with Crippen LogP contribution in [0.4, 0.5) is 0 Å². The van der Waals surface area contributed by atoms with E-state index in [0.29, 0.717) is 0 Å². The summed E-state index contributed by atoms with van der Waals surface area (Å²) in [5, 5.41) is 17.5. The van der Waals surface area contributed by atoms with Crippen molar-refractivity contribution in [3.05, 3.63) is 30.3 Å². The van der Waals surface area contributed by atoms with Gasteiger partial charge < -0.3 is 24.2 Å². The number of hydrogen-bond acceptors (Lipinski definition) is 7. The Kier molecular flexibility index (Phi) is 7.20. The van der Waals surface area contributed by atoms with Crippen LogP contribution in [0.15, 0.2) is 35.2 Å². The van der Waals surface area contributed by atoms with Crippen LogP contribution in [0.25, 0.3) is 10.8 Å². The first-order valence-electron chi connectivity index (χ1n) is 6.40. The molecule has 0 fully saturated rings. The molecule has 128 valence electrons. The van der Waals surface area contributed by atoms with E-state index in [-0.39, 0.29) is 51.8 Å². The van der Waals surface area contributed by atoms with Crippen LogP contribution in [0.5, 0.6) is 11.5 Å². The van der Waals surface area contributed by atoms with Crippen LogP contribution in [0.2, 0.25) is 0 Å². The minimum atomic E-state index is -4.95. The van der Waals surface area contributed by atoms with Gasteiger partial charge in [-0.3, -0.25) is 0 Å². The third-order valence-electron chi connectivity index (χ3n) is 2.87. The van der Waals surface area contributed by atoms with Gasteiger partial charge in [0.05, 0.1) is 0 Å². The SMILES string of the molecule is O=C(O)COc1ccc2c(S(=O)(=O)[O-])c(OCC(=O)O)ccc2c1.[Na+]. The maximum atomic E-state index is 11.5. The minimum absolute atomic E-state index is 0. The Morgan fingerprint density at radius 1 is 1.00 bits per heavy atom. The minimum Gasteiger partial charge on any atom is -0.744 e. The van der Waals surface area contributed by atoms with Crippen molar-refractivity contribution in [2.45, 2.75) is 4.90 Å². The number of aliphatic carboxylic acids is 2. The molecule has 0 aromatic heterocycles. The van der Waals surface area contributed by atoms with Crippen molar-refractivity contribution in [3.8, 4) is 11.5 Å². The molecule has 0 bridgehead atoms. The molecule has 0 aliphatic carbocycles. The van der Waals surface area contributed by atoms with Gasteiger partial charge in [0.1, 0.15) is 26.5 Å². The van der Waals surface area contributed by atoms with Gasteiger partial charge in [-0.1, -0.05) is 6.07 Å². The Hall–Kier alpha value is -1.85. The van der Waals surface area contributed by atoms with Gasteiger partial charge in [0, 0.05) is 5.39 Å². The quantitative estimate of drug-likeness (QED) is 0.399. The van der Waals surface area contributed by atoms with Crippen molar-refractivity contribution < 1.29 is 71.8 Å². The van der Waals surface area contributed by atoms with Crippen molar-refractivity contribution in [1.29, 1.82) is 0 Å². The number of rotatable bonds is 7. The van der Waals surface area contributed by atoms with Crippen molar-refractivity contribution >= 4 is 32.8 Å². The molecule has 0 amide bonds. The smallest absolute Gasteiger partial charge is 0.744 e. The van der Waals surface area contributed by atoms with Crippen molar-refractivity contribution in [2.24, 2.45) is 0 Å². The van der Waals surface area contributed by atoms with Crippen LogP contribution in [-0.2, 0) is 19.7 Å². The van der Waals surface area contributed by atoms with E-state index in [9.17, 15) is 22.6 Å². The predicted octanol–water partition coefficient (Wildman–Crippen LogP) is -2.33. The maximum Gasteiger partial charge on any atom is 1.00 e. The zero-order chi connectivity index (χ0) is 17.9. The normalized spacial score (nSPS) is 10.8. The van der Waals surface area contributed by atoms with E-state index in [1.807, 2.05) is 0 Å². The van der Waals surface area contributed by atoms with Crippen molar-refractivity contribution in [1.82, 2.24) is 0 Å². The van der Waals surface area contributed by atoms with E-state index in [1.165, 1.54) is 24.3 Å². The molecule has 0 radical (unpaired) electrons. The van der Waals surface area contributed by atoms with E-state index in [2.05, 4.69) is 0 Å². The van der Waals surface area contributed by atoms with E-state index < -0.39 is 40.2 Å². The van der Waals surface area contributed by atoms with Gasteiger partial charge in [-0.05, 0) is 29.7 Å². The summed E-state index contributed by atoms with van der Waals surface area (Å²) in [4.78, 5) is 20.3. The fourth-order valence-corrected chi connectivity index (χ4v) is 2.83. The summed E-state index contributed by atoms with van der Waals surface area (Å²) < 4.78 is 44.4. The molecule has 11 heteroatoms. The zero-order valence-corrected chi connectivity index (χ0v) is 15.8. The molecule has 2 rings (SSSR count). The second-order valence-electron chi connectivity index (χ2n) is 4.59. The van der Waals surface area contributed by atoms with Crippen molar-refractivity contribution in [3.63, 3.8) is 0 Å². The van der Waals surface area contributed by atoms with E-state index >= 15 is 0 Å².